The third-order valence-corrected chi connectivity index (χ3v) is 7.23. The van der Waals surface area contributed by atoms with Gasteiger partial charge in [-0.15, -0.1) is 5.10 Å². The molecule has 8 heteroatoms. The first-order chi connectivity index (χ1) is 14.0. The van der Waals surface area contributed by atoms with Gasteiger partial charge in [0.15, 0.2) is 0 Å². The van der Waals surface area contributed by atoms with E-state index in [-0.39, 0.29) is 15.3 Å². The molecular weight excluding hydrogens is 422 g/mol. The first-order valence-electron chi connectivity index (χ1n) is 9.65. The van der Waals surface area contributed by atoms with Crippen LogP contribution in [0.3, 0.4) is 0 Å². The maximum absolute atomic E-state index is 13.2. The molecule has 0 aliphatic rings. The smallest absolute Gasteiger partial charge is 0.227 e. The van der Waals surface area contributed by atoms with Gasteiger partial charge >= 0.3 is 0 Å². The molecule has 30 heavy (non-hydrogen) atoms. The number of methoxy groups -OCH3 is 1. The summed E-state index contributed by atoms with van der Waals surface area (Å²) >= 11 is 6.37. The zero-order valence-electron chi connectivity index (χ0n) is 18.0. The van der Waals surface area contributed by atoms with E-state index in [0.29, 0.717) is 22.2 Å². The third-order valence-electron chi connectivity index (χ3n) is 5.09. The van der Waals surface area contributed by atoms with Crippen molar-refractivity contribution in [1.29, 1.82) is 0 Å². The van der Waals surface area contributed by atoms with Crippen LogP contribution in [0.1, 0.15) is 44.5 Å². The molecule has 1 heterocycles. The summed E-state index contributed by atoms with van der Waals surface area (Å²) in [5, 5.41) is 8.54. The van der Waals surface area contributed by atoms with E-state index in [1.807, 2.05) is 25.1 Å². The van der Waals surface area contributed by atoms with Crippen LogP contribution in [-0.4, -0.2) is 30.5 Å². The maximum Gasteiger partial charge on any atom is 0.227 e. The fourth-order valence-corrected chi connectivity index (χ4v) is 4.85. The molecule has 0 spiro atoms. The molecule has 0 amide bonds. The normalized spacial score (nSPS) is 12.2. The van der Waals surface area contributed by atoms with E-state index in [1.165, 1.54) is 4.68 Å². The van der Waals surface area contributed by atoms with Crippen LogP contribution >= 0.6 is 11.6 Å². The molecule has 0 atom stereocenters. The fraction of sp³-hybridized carbons (Fsp3) is 0.364. The summed E-state index contributed by atoms with van der Waals surface area (Å²) in [6.45, 7) is 9.89. The van der Waals surface area contributed by atoms with E-state index in [1.54, 1.807) is 32.2 Å². The lowest BCUT2D eigenvalue weighted by Gasteiger charge is -2.19. The van der Waals surface area contributed by atoms with Gasteiger partial charge in [0.25, 0.3) is 0 Å². The van der Waals surface area contributed by atoms with Gasteiger partial charge in [-0.05, 0) is 54.2 Å². The molecule has 0 unspecified atom stereocenters. The minimum atomic E-state index is -3.83. The Morgan fingerprint density at radius 2 is 1.77 bits per heavy atom. The molecule has 0 N–H and O–H groups in total. The monoisotopic (exact) mass is 447 g/mol. The van der Waals surface area contributed by atoms with Crippen molar-refractivity contribution in [1.82, 2.24) is 15.0 Å². The quantitative estimate of drug-likeness (QED) is 0.554. The standard InChI is InChI=1S/C22H26ClN3O3S/c1-7-15-12-20(29-6)19(13-18(15)23)26-14(2)21(24-25-26)30(27,28)17-10-8-16(9-11-17)22(3,4)5/h8-13H,7H2,1-6H3. The maximum atomic E-state index is 13.2. The van der Waals surface area contributed by atoms with E-state index < -0.39 is 9.84 Å². The van der Waals surface area contributed by atoms with Crippen molar-refractivity contribution in [2.45, 2.75) is 56.4 Å². The molecule has 0 radical (unpaired) electrons. The second-order valence-electron chi connectivity index (χ2n) is 8.14. The van der Waals surface area contributed by atoms with Crippen molar-refractivity contribution in [2.75, 3.05) is 7.11 Å². The SMILES string of the molecule is CCc1cc(OC)c(-n2nnc(S(=O)(=O)c3ccc(C(C)(C)C)cc3)c2C)cc1Cl. The minimum Gasteiger partial charge on any atom is -0.494 e. The van der Waals surface area contributed by atoms with E-state index in [9.17, 15) is 8.42 Å². The first kappa shape index (κ1) is 22.3. The van der Waals surface area contributed by atoms with Gasteiger partial charge in [0.1, 0.15) is 11.4 Å². The van der Waals surface area contributed by atoms with Crippen LogP contribution < -0.4 is 4.74 Å². The van der Waals surface area contributed by atoms with Gasteiger partial charge in [-0.3, -0.25) is 0 Å². The lowest BCUT2D eigenvalue weighted by Crippen LogP contribution is -2.12. The van der Waals surface area contributed by atoms with Crippen LogP contribution in [0.5, 0.6) is 5.75 Å². The van der Waals surface area contributed by atoms with Gasteiger partial charge in [-0.25, -0.2) is 13.1 Å². The zero-order valence-corrected chi connectivity index (χ0v) is 19.6. The number of benzene rings is 2. The number of aryl methyl sites for hydroxylation is 1. The Labute approximate surface area is 182 Å². The number of nitrogens with zero attached hydrogens (tertiary/aromatic N) is 3. The molecule has 0 fully saturated rings. The lowest BCUT2D eigenvalue weighted by atomic mass is 9.87. The van der Waals surface area contributed by atoms with Gasteiger partial charge in [-0.1, -0.05) is 56.6 Å². The Morgan fingerprint density at radius 3 is 2.30 bits per heavy atom. The summed E-state index contributed by atoms with van der Waals surface area (Å²) in [5.74, 6) is 0.544. The third kappa shape index (κ3) is 3.96. The Balaban J connectivity index is 2.08. The highest BCUT2D eigenvalue weighted by atomic mass is 35.5. The molecular formula is C22H26ClN3O3S. The Kier molecular flexibility index (Phi) is 5.98. The summed E-state index contributed by atoms with van der Waals surface area (Å²) < 4.78 is 33.3. The van der Waals surface area contributed by atoms with Crippen molar-refractivity contribution in [3.05, 3.63) is 58.2 Å². The predicted molar refractivity (Wildman–Crippen MR) is 118 cm³/mol. The molecule has 0 aliphatic carbocycles. The van der Waals surface area contributed by atoms with Crippen LogP contribution in [0, 0.1) is 6.92 Å². The highest BCUT2D eigenvalue weighted by molar-refractivity contribution is 7.91. The highest BCUT2D eigenvalue weighted by Gasteiger charge is 2.27. The molecule has 1 aromatic heterocycles. The predicted octanol–water partition coefficient (Wildman–Crippen LogP) is 4.93. The summed E-state index contributed by atoms with van der Waals surface area (Å²) in [7, 11) is -2.28. The molecule has 0 bridgehead atoms. The molecule has 160 valence electrons. The number of hydrogen-bond donors (Lipinski definition) is 0. The minimum absolute atomic E-state index is 0.0676. The summed E-state index contributed by atoms with van der Waals surface area (Å²) in [5.41, 5.74) is 2.84. The number of hydrogen-bond acceptors (Lipinski definition) is 5. The van der Waals surface area contributed by atoms with Gasteiger partial charge < -0.3 is 4.74 Å². The molecule has 2 aromatic carbocycles. The van der Waals surface area contributed by atoms with Crippen LogP contribution in [0.4, 0.5) is 0 Å². The van der Waals surface area contributed by atoms with Crippen molar-refractivity contribution >= 4 is 21.4 Å². The van der Waals surface area contributed by atoms with Crippen molar-refractivity contribution in [3.8, 4) is 11.4 Å². The van der Waals surface area contributed by atoms with Gasteiger partial charge in [0.2, 0.25) is 14.9 Å². The second kappa shape index (κ2) is 8.04. The molecule has 6 nitrogen and oxygen atoms in total. The van der Waals surface area contributed by atoms with E-state index >= 15 is 0 Å². The molecule has 0 saturated carbocycles. The van der Waals surface area contributed by atoms with E-state index in [0.717, 1.165) is 17.5 Å². The Hall–Kier alpha value is -2.38. The number of sulfone groups is 1. The molecule has 0 saturated heterocycles. The topological polar surface area (TPSA) is 74.1 Å². The summed E-state index contributed by atoms with van der Waals surface area (Å²) in [4.78, 5) is 0.178. The average molecular weight is 448 g/mol. The fourth-order valence-electron chi connectivity index (χ4n) is 3.22. The Bertz CT molecular complexity index is 1180. The number of halogens is 1. The van der Waals surface area contributed by atoms with Crippen molar-refractivity contribution in [2.24, 2.45) is 0 Å². The first-order valence-corrected chi connectivity index (χ1v) is 11.5. The van der Waals surface area contributed by atoms with Crippen molar-refractivity contribution in [3.63, 3.8) is 0 Å². The molecule has 3 rings (SSSR count). The van der Waals surface area contributed by atoms with E-state index in [2.05, 4.69) is 31.1 Å². The van der Waals surface area contributed by atoms with Gasteiger partial charge in [-0.2, -0.15) is 0 Å². The summed E-state index contributed by atoms with van der Waals surface area (Å²) in [6.07, 6.45) is 0.746. The number of aromatic nitrogens is 3. The van der Waals surface area contributed by atoms with Crippen molar-refractivity contribution < 1.29 is 13.2 Å². The highest BCUT2D eigenvalue weighted by Crippen LogP contribution is 2.32. The molecule has 0 aliphatic heterocycles. The van der Waals surface area contributed by atoms with E-state index in [4.69, 9.17) is 16.3 Å². The largest absolute Gasteiger partial charge is 0.494 e. The van der Waals surface area contributed by atoms with Crippen LogP contribution in [0.2, 0.25) is 5.02 Å². The zero-order chi connectivity index (χ0) is 22.3. The van der Waals surface area contributed by atoms with Crippen LogP contribution in [-0.2, 0) is 21.7 Å². The lowest BCUT2D eigenvalue weighted by molar-refractivity contribution is 0.410. The number of ether oxygens (including phenoxy) is 1. The number of rotatable bonds is 5. The average Bonchev–Trinajstić information content (AvgIpc) is 3.09. The Morgan fingerprint density at radius 1 is 1.13 bits per heavy atom. The van der Waals surface area contributed by atoms with Crippen LogP contribution in [0.15, 0.2) is 46.3 Å². The second-order valence-corrected chi connectivity index (χ2v) is 10.4. The summed E-state index contributed by atoms with van der Waals surface area (Å²) in [6, 6.07) is 10.4. The molecule has 3 aromatic rings. The van der Waals surface area contributed by atoms with Crippen LogP contribution in [0.25, 0.3) is 5.69 Å². The van der Waals surface area contributed by atoms with Gasteiger partial charge in [0, 0.05) is 5.02 Å². The van der Waals surface area contributed by atoms with Gasteiger partial charge in [0.05, 0.1) is 17.7 Å².